The van der Waals surface area contributed by atoms with E-state index < -0.39 is 6.04 Å². The topological polar surface area (TPSA) is 91.8 Å². The Kier molecular flexibility index (Phi) is 4.68. The van der Waals surface area contributed by atoms with Gasteiger partial charge in [-0.25, -0.2) is 9.69 Å². The van der Waals surface area contributed by atoms with Crippen molar-refractivity contribution < 1.29 is 19.1 Å². The molecule has 144 valence electrons. The van der Waals surface area contributed by atoms with Crippen LogP contribution in [0.4, 0.5) is 10.5 Å². The van der Waals surface area contributed by atoms with Crippen molar-refractivity contribution in [3.63, 3.8) is 0 Å². The summed E-state index contributed by atoms with van der Waals surface area (Å²) in [6.07, 6.45) is 4.09. The van der Waals surface area contributed by atoms with Crippen molar-refractivity contribution in [2.45, 2.75) is 24.9 Å². The van der Waals surface area contributed by atoms with Crippen LogP contribution in [0.15, 0.2) is 48.8 Å². The van der Waals surface area contributed by atoms with Gasteiger partial charge in [0.15, 0.2) is 0 Å². The van der Waals surface area contributed by atoms with Crippen LogP contribution in [-0.4, -0.2) is 53.5 Å². The van der Waals surface area contributed by atoms with E-state index in [-0.39, 0.29) is 23.9 Å². The maximum atomic E-state index is 12.9. The highest BCUT2D eigenvalue weighted by molar-refractivity contribution is 6.21. The number of imide groups is 1. The Hall–Kier alpha value is -3.42. The van der Waals surface area contributed by atoms with Gasteiger partial charge in [-0.3, -0.25) is 14.6 Å². The second-order valence-electron chi connectivity index (χ2n) is 6.80. The lowest BCUT2D eigenvalue weighted by molar-refractivity contribution is -0.120. The number of amides is 4. The van der Waals surface area contributed by atoms with Crippen LogP contribution in [0.5, 0.6) is 5.75 Å². The van der Waals surface area contributed by atoms with Crippen molar-refractivity contribution in [2.75, 3.05) is 18.6 Å². The fraction of sp³-hybridized carbons (Fsp3) is 0.300. The fourth-order valence-corrected chi connectivity index (χ4v) is 3.67. The molecule has 2 fully saturated rings. The van der Waals surface area contributed by atoms with Gasteiger partial charge in [0, 0.05) is 25.0 Å². The van der Waals surface area contributed by atoms with Crippen molar-refractivity contribution >= 4 is 23.5 Å². The molecule has 1 aromatic heterocycles. The highest BCUT2D eigenvalue weighted by Crippen LogP contribution is 2.31. The summed E-state index contributed by atoms with van der Waals surface area (Å²) in [4.78, 5) is 44.8. The number of piperidine rings is 1. The molecule has 2 aromatic rings. The van der Waals surface area contributed by atoms with Crippen LogP contribution in [-0.2, 0) is 4.79 Å². The van der Waals surface area contributed by atoms with Gasteiger partial charge in [0.05, 0.1) is 18.4 Å². The molecular formula is C20H20N4O4. The number of urea groups is 1. The number of ether oxygens (including phenoxy) is 1. The van der Waals surface area contributed by atoms with Gasteiger partial charge >= 0.3 is 6.03 Å². The maximum Gasteiger partial charge on any atom is 0.332 e. The third kappa shape index (κ3) is 3.17. The molecule has 8 nitrogen and oxygen atoms in total. The summed E-state index contributed by atoms with van der Waals surface area (Å²) < 4.78 is 5.12. The molecule has 1 aromatic carbocycles. The lowest BCUT2D eigenvalue weighted by Gasteiger charge is -2.32. The fourth-order valence-electron chi connectivity index (χ4n) is 3.67. The molecule has 4 amide bonds. The van der Waals surface area contributed by atoms with E-state index in [1.54, 1.807) is 54.6 Å². The van der Waals surface area contributed by atoms with Crippen molar-refractivity contribution in [1.29, 1.82) is 0 Å². The first-order valence-corrected chi connectivity index (χ1v) is 9.08. The average molecular weight is 380 g/mol. The van der Waals surface area contributed by atoms with Crippen molar-refractivity contribution in [2.24, 2.45) is 0 Å². The number of fused-ring (bicyclic) bond motifs is 1. The van der Waals surface area contributed by atoms with Crippen molar-refractivity contribution in [3.05, 3.63) is 54.4 Å². The Morgan fingerprint density at radius 2 is 2.00 bits per heavy atom. The summed E-state index contributed by atoms with van der Waals surface area (Å²) in [5.41, 5.74) is 0.986. The summed E-state index contributed by atoms with van der Waals surface area (Å²) >= 11 is 0. The highest BCUT2D eigenvalue weighted by Gasteiger charge is 2.48. The lowest BCUT2D eigenvalue weighted by Crippen LogP contribution is -2.49. The number of anilines is 1. The smallest absolute Gasteiger partial charge is 0.332 e. The van der Waals surface area contributed by atoms with Crippen LogP contribution in [0.2, 0.25) is 0 Å². The van der Waals surface area contributed by atoms with Crippen LogP contribution >= 0.6 is 0 Å². The molecule has 0 unspecified atom stereocenters. The lowest BCUT2D eigenvalue weighted by atomic mass is 9.97. The molecule has 0 spiro atoms. The third-order valence-corrected chi connectivity index (χ3v) is 5.13. The van der Waals surface area contributed by atoms with Crippen molar-refractivity contribution in [3.8, 4) is 5.75 Å². The number of rotatable bonds is 4. The molecule has 0 bridgehead atoms. The Labute approximate surface area is 162 Å². The molecule has 8 heteroatoms. The minimum Gasteiger partial charge on any atom is -0.497 e. The van der Waals surface area contributed by atoms with Gasteiger partial charge < -0.3 is 15.0 Å². The van der Waals surface area contributed by atoms with Crippen LogP contribution in [0, 0.1) is 0 Å². The first-order chi connectivity index (χ1) is 13.6. The number of methoxy groups -OCH3 is 1. The summed E-state index contributed by atoms with van der Waals surface area (Å²) in [6, 6.07) is 9.12. The zero-order valence-electron chi connectivity index (χ0n) is 15.4. The molecule has 3 heterocycles. The number of aromatic nitrogens is 1. The Morgan fingerprint density at radius 3 is 2.68 bits per heavy atom. The molecule has 0 saturated carbocycles. The van der Waals surface area contributed by atoms with E-state index in [0.29, 0.717) is 36.4 Å². The predicted octanol–water partition coefficient (Wildman–Crippen LogP) is 1.82. The van der Waals surface area contributed by atoms with Gasteiger partial charge in [-0.1, -0.05) is 0 Å². The summed E-state index contributed by atoms with van der Waals surface area (Å²) in [7, 11) is 1.56. The van der Waals surface area contributed by atoms with E-state index >= 15 is 0 Å². The maximum absolute atomic E-state index is 12.9. The van der Waals surface area contributed by atoms with E-state index in [9.17, 15) is 14.4 Å². The van der Waals surface area contributed by atoms with Crippen LogP contribution in [0.1, 0.15) is 23.2 Å². The number of carbonyl (C=O) groups excluding carboxylic acids is 3. The predicted molar refractivity (Wildman–Crippen MR) is 101 cm³/mol. The number of nitrogens with zero attached hydrogens (tertiary/aromatic N) is 3. The Bertz CT molecular complexity index is 900. The SMILES string of the molecule is COc1ccc(N2C(=O)[C@@H]3C[C@@H](NC(=O)c4cccnc4)CCN3C2=O)cc1. The van der Waals surface area contributed by atoms with Crippen LogP contribution in [0.3, 0.4) is 0 Å². The quantitative estimate of drug-likeness (QED) is 0.817. The molecule has 1 N–H and O–H groups in total. The second kappa shape index (κ2) is 7.30. The second-order valence-corrected chi connectivity index (χ2v) is 6.80. The van der Waals surface area contributed by atoms with E-state index in [1.807, 2.05) is 0 Å². The van der Waals surface area contributed by atoms with Gasteiger partial charge in [0.25, 0.3) is 11.8 Å². The number of benzene rings is 1. The molecule has 2 atom stereocenters. The van der Waals surface area contributed by atoms with E-state index in [0.717, 1.165) is 0 Å². The molecule has 28 heavy (non-hydrogen) atoms. The van der Waals surface area contributed by atoms with E-state index in [1.165, 1.54) is 11.1 Å². The minimum atomic E-state index is -0.567. The van der Waals surface area contributed by atoms with Gasteiger partial charge in [-0.2, -0.15) is 0 Å². The monoisotopic (exact) mass is 380 g/mol. The number of hydrogen-bond donors (Lipinski definition) is 1. The average Bonchev–Trinajstić information content (AvgIpc) is 2.98. The summed E-state index contributed by atoms with van der Waals surface area (Å²) in [6.45, 7) is 0.417. The van der Waals surface area contributed by atoms with Gasteiger partial charge in [-0.05, 0) is 49.2 Å². The van der Waals surface area contributed by atoms with Crippen molar-refractivity contribution in [1.82, 2.24) is 15.2 Å². The first kappa shape index (κ1) is 18.0. The normalized spacial score (nSPS) is 21.5. The summed E-state index contributed by atoms with van der Waals surface area (Å²) in [5.74, 6) is 0.157. The summed E-state index contributed by atoms with van der Waals surface area (Å²) in [5, 5.41) is 2.95. The highest BCUT2D eigenvalue weighted by atomic mass is 16.5. The molecule has 2 aliphatic heterocycles. The molecule has 2 aliphatic rings. The Balaban J connectivity index is 1.47. The molecular weight excluding hydrogens is 360 g/mol. The number of hydrogen-bond acceptors (Lipinski definition) is 5. The standard InChI is InChI=1S/C20H20N4O4/c1-28-16-6-4-15(5-7-16)24-19(26)17-11-14(8-10-23(17)20(24)27)22-18(25)13-3-2-9-21-12-13/h2-7,9,12,14,17H,8,10-11H2,1H3,(H,22,25)/t14-,17-/m0/s1. The number of carbonyl (C=O) groups is 3. The molecule has 0 aliphatic carbocycles. The van der Waals surface area contributed by atoms with Gasteiger partial charge in [0.2, 0.25) is 0 Å². The molecule has 4 rings (SSSR count). The minimum absolute atomic E-state index is 0.179. The number of nitrogens with one attached hydrogen (secondary N) is 1. The van der Waals surface area contributed by atoms with Crippen LogP contribution in [0.25, 0.3) is 0 Å². The first-order valence-electron chi connectivity index (χ1n) is 9.08. The van der Waals surface area contributed by atoms with E-state index in [2.05, 4.69) is 10.3 Å². The van der Waals surface area contributed by atoms with E-state index in [4.69, 9.17) is 4.74 Å². The molecule has 2 saturated heterocycles. The molecule has 0 radical (unpaired) electrons. The zero-order chi connectivity index (χ0) is 19.7. The third-order valence-electron chi connectivity index (χ3n) is 5.13. The largest absolute Gasteiger partial charge is 0.497 e. The van der Waals surface area contributed by atoms with Gasteiger partial charge in [-0.15, -0.1) is 0 Å². The van der Waals surface area contributed by atoms with Crippen LogP contribution < -0.4 is 15.0 Å². The Morgan fingerprint density at radius 1 is 1.21 bits per heavy atom. The van der Waals surface area contributed by atoms with Gasteiger partial charge in [0.1, 0.15) is 11.8 Å². The zero-order valence-corrected chi connectivity index (χ0v) is 15.4. The number of pyridine rings is 1.